The standard InChI is InChI=1S/C28H23N3S/c1-29-16-17-30(20-29)22-10-7-11-23(18-22)32-24-14-15-26-25-12-5-6-13-27(25)31(28(26)19-24)21-8-3-2-4-9-21/h2-19H,20H2,1H3. The minimum atomic E-state index is 0.886. The van der Waals surface area contributed by atoms with Gasteiger partial charge in [-0.1, -0.05) is 60.3 Å². The van der Waals surface area contributed by atoms with Gasteiger partial charge in [-0.3, -0.25) is 0 Å². The van der Waals surface area contributed by atoms with Crippen LogP contribution in [0.2, 0.25) is 0 Å². The minimum absolute atomic E-state index is 0.886. The number of rotatable bonds is 4. The van der Waals surface area contributed by atoms with E-state index in [9.17, 15) is 0 Å². The van der Waals surface area contributed by atoms with Crippen LogP contribution in [-0.4, -0.2) is 23.2 Å². The van der Waals surface area contributed by atoms with Crippen LogP contribution in [0.15, 0.2) is 119 Å². The minimum Gasteiger partial charge on any atom is -0.361 e. The SMILES string of the molecule is CN1C=CN(c2cccc(Sc3ccc4c5ccccc5n(-c5ccccc5)c4c3)c2)C1. The smallest absolute Gasteiger partial charge is 0.0938 e. The highest BCUT2D eigenvalue weighted by Gasteiger charge is 2.14. The summed E-state index contributed by atoms with van der Waals surface area (Å²) in [6.07, 6.45) is 4.24. The zero-order chi connectivity index (χ0) is 21.5. The summed E-state index contributed by atoms with van der Waals surface area (Å²) in [5, 5.41) is 2.57. The van der Waals surface area contributed by atoms with Crippen LogP contribution in [0.5, 0.6) is 0 Å². The van der Waals surface area contributed by atoms with Crippen LogP contribution < -0.4 is 4.90 Å². The van der Waals surface area contributed by atoms with Gasteiger partial charge in [-0.05, 0) is 48.5 Å². The molecular weight excluding hydrogens is 410 g/mol. The van der Waals surface area contributed by atoms with Crippen LogP contribution in [0, 0.1) is 0 Å². The summed E-state index contributed by atoms with van der Waals surface area (Å²) in [4.78, 5) is 6.92. The monoisotopic (exact) mass is 433 g/mol. The van der Waals surface area contributed by atoms with Crippen molar-refractivity contribution in [1.29, 1.82) is 0 Å². The number of aromatic nitrogens is 1. The lowest BCUT2D eigenvalue weighted by Crippen LogP contribution is -2.21. The van der Waals surface area contributed by atoms with Crippen molar-refractivity contribution in [3.8, 4) is 5.69 Å². The van der Waals surface area contributed by atoms with E-state index in [2.05, 4.69) is 131 Å². The van der Waals surface area contributed by atoms with Crippen LogP contribution >= 0.6 is 11.8 Å². The highest BCUT2D eigenvalue weighted by molar-refractivity contribution is 7.99. The van der Waals surface area contributed by atoms with E-state index in [-0.39, 0.29) is 0 Å². The molecule has 4 heteroatoms. The Hall–Kier alpha value is -3.63. The van der Waals surface area contributed by atoms with E-state index in [0.29, 0.717) is 0 Å². The van der Waals surface area contributed by atoms with E-state index in [0.717, 1.165) is 6.67 Å². The fraction of sp³-hybridized carbons (Fsp3) is 0.0714. The third-order valence-corrected chi connectivity index (χ3v) is 6.90. The maximum atomic E-state index is 2.37. The quantitative estimate of drug-likeness (QED) is 0.299. The predicted molar refractivity (Wildman–Crippen MR) is 136 cm³/mol. The maximum Gasteiger partial charge on any atom is 0.0938 e. The van der Waals surface area contributed by atoms with Gasteiger partial charge in [0.2, 0.25) is 0 Å². The first-order chi connectivity index (χ1) is 15.8. The van der Waals surface area contributed by atoms with E-state index >= 15 is 0 Å². The van der Waals surface area contributed by atoms with Crippen molar-refractivity contribution in [1.82, 2.24) is 9.47 Å². The van der Waals surface area contributed by atoms with Crippen molar-refractivity contribution in [2.24, 2.45) is 0 Å². The Morgan fingerprint density at radius 3 is 2.22 bits per heavy atom. The van der Waals surface area contributed by atoms with Crippen LogP contribution in [0.4, 0.5) is 5.69 Å². The average Bonchev–Trinajstić information content (AvgIpc) is 3.41. The molecule has 3 nitrogen and oxygen atoms in total. The zero-order valence-electron chi connectivity index (χ0n) is 17.8. The maximum absolute atomic E-state index is 2.37. The first-order valence-electron chi connectivity index (χ1n) is 10.8. The summed E-state index contributed by atoms with van der Waals surface area (Å²) < 4.78 is 2.37. The molecule has 0 aliphatic carbocycles. The molecule has 4 aromatic carbocycles. The Morgan fingerprint density at radius 1 is 0.625 bits per heavy atom. The molecule has 0 radical (unpaired) electrons. The molecular formula is C28H23N3S. The number of anilines is 1. The molecule has 0 spiro atoms. The van der Waals surface area contributed by atoms with Crippen LogP contribution in [0.3, 0.4) is 0 Å². The van der Waals surface area contributed by atoms with Crippen molar-refractivity contribution < 1.29 is 0 Å². The third kappa shape index (κ3) is 3.33. The van der Waals surface area contributed by atoms with Gasteiger partial charge in [-0.25, -0.2) is 0 Å². The van der Waals surface area contributed by atoms with Crippen molar-refractivity contribution in [2.75, 3.05) is 18.6 Å². The molecule has 1 aliphatic heterocycles. The van der Waals surface area contributed by atoms with Crippen molar-refractivity contribution in [2.45, 2.75) is 9.79 Å². The molecule has 0 saturated heterocycles. The summed E-state index contributed by atoms with van der Waals surface area (Å²) in [5.41, 5.74) is 4.88. The molecule has 2 heterocycles. The second kappa shape index (κ2) is 7.81. The average molecular weight is 434 g/mol. The molecule has 6 rings (SSSR count). The Kier molecular flexibility index (Phi) is 4.66. The number of para-hydroxylation sites is 2. The fourth-order valence-corrected chi connectivity index (χ4v) is 5.33. The van der Waals surface area contributed by atoms with Gasteiger partial charge in [0.05, 0.1) is 17.7 Å². The lowest BCUT2D eigenvalue weighted by Gasteiger charge is -2.18. The molecule has 0 amide bonds. The van der Waals surface area contributed by atoms with Gasteiger partial charge in [-0.15, -0.1) is 0 Å². The lowest BCUT2D eigenvalue weighted by atomic mass is 10.2. The molecule has 0 bridgehead atoms. The number of fused-ring (bicyclic) bond motifs is 3. The number of nitrogens with zero attached hydrogens (tertiary/aromatic N) is 3. The molecule has 1 aromatic heterocycles. The Bertz CT molecular complexity index is 1450. The van der Waals surface area contributed by atoms with Gasteiger partial charge >= 0.3 is 0 Å². The summed E-state index contributed by atoms with van der Waals surface area (Å²) in [6.45, 7) is 0.886. The first kappa shape index (κ1) is 19.1. The Labute approximate surface area is 192 Å². The van der Waals surface area contributed by atoms with Crippen molar-refractivity contribution in [3.63, 3.8) is 0 Å². The largest absolute Gasteiger partial charge is 0.361 e. The van der Waals surface area contributed by atoms with Crippen LogP contribution in [0.25, 0.3) is 27.5 Å². The molecule has 0 unspecified atom stereocenters. The molecule has 156 valence electrons. The number of hydrogen-bond acceptors (Lipinski definition) is 3. The molecule has 0 fully saturated rings. The van der Waals surface area contributed by atoms with Crippen LogP contribution in [-0.2, 0) is 0 Å². The van der Waals surface area contributed by atoms with Gasteiger partial charge in [0.1, 0.15) is 0 Å². The molecule has 5 aromatic rings. The second-order valence-electron chi connectivity index (χ2n) is 8.13. The molecule has 32 heavy (non-hydrogen) atoms. The summed E-state index contributed by atoms with van der Waals surface area (Å²) in [5.74, 6) is 0. The fourth-order valence-electron chi connectivity index (χ4n) is 4.43. The molecule has 0 atom stereocenters. The van der Waals surface area contributed by atoms with Crippen LogP contribution in [0.1, 0.15) is 0 Å². The van der Waals surface area contributed by atoms with E-state index in [1.54, 1.807) is 0 Å². The zero-order valence-corrected chi connectivity index (χ0v) is 18.7. The topological polar surface area (TPSA) is 11.4 Å². The van der Waals surface area contributed by atoms with E-state index in [1.807, 2.05) is 11.8 Å². The van der Waals surface area contributed by atoms with Gasteiger partial charge in [0.15, 0.2) is 0 Å². The third-order valence-electron chi connectivity index (χ3n) is 5.92. The van der Waals surface area contributed by atoms with E-state index in [4.69, 9.17) is 0 Å². The van der Waals surface area contributed by atoms with Gasteiger partial charge in [-0.2, -0.15) is 0 Å². The lowest BCUT2D eigenvalue weighted by molar-refractivity contribution is 0.495. The highest BCUT2D eigenvalue weighted by atomic mass is 32.2. The highest BCUT2D eigenvalue weighted by Crippen LogP contribution is 2.37. The van der Waals surface area contributed by atoms with Crippen molar-refractivity contribution >= 4 is 39.3 Å². The second-order valence-corrected chi connectivity index (χ2v) is 9.28. The molecule has 0 N–H and O–H groups in total. The normalized spacial score (nSPS) is 13.5. The number of benzene rings is 4. The predicted octanol–water partition coefficient (Wildman–Crippen LogP) is 7.12. The Morgan fingerprint density at radius 2 is 1.38 bits per heavy atom. The van der Waals surface area contributed by atoms with Crippen molar-refractivity contribution in [3.05, 3.63) is 109 Å². The molecule has 0 saturated carbocycles. The van der Waals surface area contributed by atoms with E-state index in [1.165, 1.54) is 43.0 Å². The summed E-state index contributed by atoms with van der Waals surface area (Å²) in [7, 11) is 2.09. The van der Waals surface area contributed by atoms with Gasteiger partial charge < -0.3 is 14.4 Å². The van der Waals surface area contributed by atoms with E-state index < -0.39 is 0 Å². The Balaban J connectivity index is 1.43. The summed E-state index contributed by atoms with van der Waals surface area (Å²) in [6, 6.07) is 34.9. The van der Waals surface area contributed by atoms with Gasteiger partial charge in [0.25, 0.3) is 0 Å². The molecule has 1 aliphatic rings. The first-order valence-corrected chi connectivity index (χ1v) is 11.6. The van der Waals surface area contributed by atoms with Gasteiger partial charge in [0, 0.05) is 51.4 Å². The number of hydrogen-bond donors (Lipinski definition) is 0. The summed E-state index contributed by atoms with van der Waals surface area (Å²) >= 11 is 1.81.